The molecular formula is C9H17NO4S. The molecule has 88 valence electrons. The summed E-state index contributed by atoms with van der Waals surface area (Å²) in [6.07, 6.45) is 0.201. The quantitative estimate of drug-likeness (QED) is 0.740. The maximum Gasteiger partial charge on any atom is 0.325 e. The van der Waals surface area contributed by atoms with Gasteiger partial charge in [-0.3, -0.25) is 9.69 Å². The van der Waals surface area contributed by atoms with Crippen molar-refractivity contribution in [3.63, 3.8) is 0 Å². The number of carboxylic acids is 1. The Morgan fingerprint density at radius 1 is 1.40 bits per heavy atom. The molecule has 0 aromatic heterocycles. The molecular weight excluding hydrogens is 218 g/mol. The second-order valence-corrected chi connectivity index (χ2v) is 6.04. The summed E-state index contributed by atoms with van der Waals surface area (Å²) in [5, 5.41) is 9.22. The zero-order valence-corrected chi connectivity index (χ0v) is 9.88. The number of hydrogen-bond donors (Lipinski definition) is 1. The molecule has 0 aromatic carbocycles. The summed E-state index contributed by atoms with van der Waals surface area (Å²) in [7, 11) is -3.19. The van der Waals surface area contributed by atoms with Crippen molar-refractivity contribution >= 4 is 15.8 Å². The van der Waals surface area contributed by atoms with Gasteiger partial charge in [-0.2, -0.15) is 0 Å². The SMILES string of the molecule is CCN(CC)C1(C(=O)O)CCS(=O)(=O)C1. The molecule has 1 N–H and O–H groups in total. The van der Waals surface area contributed by atoms with Gasteiger partial charge in [0, 0.05) is 0 Å². The van der Waals surface area contributed by atoms with Crippen LogP contribution in [-0.4, -0.2) is 54.5 Å². The molecule has 0 aromatic rings. The number of carboxylic acid groups (broad SMARTS) is 1. The Bertz CT molecular complexity index is 347. The Hall–Kier alpha value is -0.620. The molecule has 1 aliphatic heterocycles. The molecule has 0 aliphatic carbocycles. The fourth-order valence-electron chi connectivity index (χ4n) is 2.21. The Balaban J connectivity index is 3.06. The highest BCUT2D eigenvalue weighted by atomic mass is 32.2. The molecule has 1 heterocycles. The topological polar surface area (TPSA) is 74.7 Å². The smallest absolute Gasteiger partial charge is 0.325 e. The molecule has 0 bridgehead atoms. The first-order valence-electron chi connectivity index (χ1n) is 5.07. The minimum Gasteiger partial charge on any atom is -0.480 e. The molecule has 5 nitrogen and oxygen atoms in total. The van der Waals surface area contributed by atoms with Crippen LogP contribution in [0.5, 0.6) is 0 Å². The average molecular weight is 235 g/mol. The zero-order valence-electron chi connectivity index (χ0n) is 9.06. The maximum atomic E-state index is 11.4. The van der Waals surface area contributed by atoms with Crippen molar-refractivity contribution in [2.45, 2.75) is 25.8 Å². The van der Waals surface area contributed by atoms with E-state index in [1.807, 2.05) is 13.8 Å². The van der Waals surface area contributed by atoms with Gasteiger partial charge in [0.25, 0.3) is 0 Å². The third kappa shape index (κ3) is 2.15. The van der Waals surface area contributed by atoms with Crippen molar-refractivity contribution in [1.82, 2.24) is 4.90 Å². The van der Waals surface area contributed by atoms with Crippen molar-refractivity contribution in [2.24, 2.45) is 0 Å². The molecule has 0 radical (unpaired) electrons. The second-order valence-electron chi connectivity index (χ2n) is 3.85. The lowest BCUT2D eigenvalue weighted by atomic mass is 9.96. The second kappa shape index (κ2) is 4.09. The molecule has 1 aliphatic rings. The van der Waals surface area contributed by atoms with Crippen molar-refractivity contribution in [1.29, 1.82) is 0 Å². The van der Waals surface area contributed by atoms with Crippen molar-refractivity contribution in [3.8, 4) is 0 Å². The first kappa shape index (κ1) is 12.4. The Morgan fingerprint density at radius 3 is 2.20 bits per heavy atom. The standard InChI is InChI=1S/C9H17NO4S/c1-3-10(4-2)9(8(11)12)5-6-15(13,14)7-9/h3-7H2,1-2H3,(H,11,12). The lowest BCUT2D eigenvalue weighted by molar-refractivity contribution is -0.149. The van der Waals surface area contributed by atoms with Gasteiger partial charge in [-0.1, -0.05) is 13.8 Å². The molecule has 6 heteroatoms. The van der Waals surface area contributed by atoms with Gasteiger partial charge >= 0.3 is 5.97 Å². The van der Waals surface area contributed by atoms with Crippen LogP contribution < -0.4 is 0 Å². The van der Waals surface area contributed by atoms with E-state index in [1.54, 1.807) is 4.90 Å². The monoisotopic (exact) mass is 235 g/mol. The van der Waals surface area contributed by atoms with Gasteiger partial charge in [0.15, 0.2) is 9.84 Å². The number of rotatable bonds is 4. The van der Waals surface area contributed by atoms with Crippen LogP contribution in [0.4, 0.5) is 0 Å². The van der Waals surface area contributed by atoms with E-state index in [1.165, 1.54) is 0 Å². The molecule has 1 saturated heterocycles. The van der Waals surface area contributed by atoms with Gasteiger partial charge in [0.2, 0.25) is 0 Å². The fourth-order valence-corrected chi connectivity index (χ4v) is 4.19. The van der Waals surface area contributed by atoms with Crippen LogP contribution >= 0.6 is 0 Å². The first-order chi connectivity index (χ1) is 6.88. The lowest BCUT2D eigenvalue weighted by Gasteiger charge is -2.35. The van der Waals surface area contributed by atoms with E-state index in [4.69, 9.17) is 0 Å². The van der Waals surface area contributed by atoms with Crippen LogP contribution in [0.25, 0.3) is 0 Å². The maximum absolute atomic E-state index is 11.4. The summed E-state index contributed by atoms with van der Waals surface area (Å²) in [5.41, 5.74) is -1.19. The van der Waals surface area contributed by atoms with Crippen LogP contribution in [-0.2, 0) is 14.6 Å². The van der Waals surface area contributed by atoms with Crippen molar-refractivity contribution in [3.05, 3.63) is 0 Å². The van der Waals surface area contributed by atoms with Crippen LogP contribution in [0.1, 0.15) is 20.3 Å². The van der Waals surface area contributed by atoms with E-state index in [0.29, 0.717) is 13.1 Å². The molecule has 1 unspecified atom stereocenters. The summed E-state index contributed by atoms with van der Waals surface area (Å²) >= 11 is 0. The van der Waals surface area contributed by atoms with Gasteiger partial charge in [-0.25, -0.2) is 8.42 Å². The Labute approximate surface area is 90.0 Å². The number of sulfone groups is 1. The minimum absolute atomic E-state index is 0.0181. The predicted molar refractivity (Wildman–Crippen MR) is 56.6 cm³/mol. The molecule has 0 spiro atoms. The van der Waals surface area contributed by atoms with Gasteiger partial charge in [0.1, 0.15) is 5.54 Å². The highest BCUT2D eigenvalue weighted by Crippen LogP contribution is 2.30. The van der Waals surface area contributed by atoms with Crippen LogP contribution in [0.3, 0.4) is 0 Å². The lowest BCUT2D eigenvalue weighted by Crippen LogP contribution is -2.55. The number of aliphatic carboxylic acids is 1. The normalized spacial score (nSPS) is 29.5. The Kier molecular flexibility index (Phi) is 3.40. The highest BCUT2D eigenvalue weighted by Gasteiger charge is 2.51. The van der Waals surface area contributed by atoms with Gasteiger partial charge in [0.05, 0.1) is 11.5 Å². The highest BCUT2D eigenvalue weighted by molar-refractivity contribution is 7.91. The third-order valence-electron chi connectivity index (χ3n) is 3.05. The van der Waals surface area contributed by atoms with Gasteiger partial charge < -0.3 is 5.11 Å². The minimum atomic E-state index is -3.19. The summed E-state index contributed by atoms with van der Waals surface area (Å²) in [6, 6.07) is 0. The summed E-state index contributed by atoms with van der Waals surface area (Å²) in [6.45, 7) is 4.80. The van der Waals surface area contributed by atoms with Gasteiger partial charge in [-0.05, 0) is 19.5 Å². The van der Waals surface area contributed by atoms with Crippen molar-refractivity contribution in [2.75, 3.05) is 24.6 Å². The molecule has 1 rings (SSSR count). The van der Waals surface area contributed by atoms with Crippen molar-refractivity contribution < 1.29 is 18.3 Å². The predicted octanol–water partition coefficient (Wildman–Crippen LogP) is -0.0299. The van der Waals surface area contributed by atoms with Crippen LogP contribution in [0, 0.1) is 0 Å². The molecule has 1 fully saturated rings. The van der Waals surface area contributed by atoms with Gasteiger partial charge in [-0.15, -0.1) is 0 Å². The fraction of sp³-hybridized carbons (Fsp3) is 0.889. The van der Waals surface area contributed by atoms with E-state index in [-0.39, 0.29) is 17.9 Å². The van der Waals surface area contributed by atoms with E-state index in [2.05, 4.69) is 0 Å². The van der Waals surface area contributed by atoms with Crippen LogP contribution in [0.2, 0.25) is 0 Å². The van der Waals surface area contributed by atoms with E-state index in [9.17, 15) is 18.3 Å². The van der Waals surface area contributed by atoms with Crippen LogP contribution in [0.15, 0.2) is 0 Å². The average Bonchev–Trinajstić information content (AvgIpc) is 2.46. The molecule has 1 atom stereocenters. The number of nitrogens with zero attached hydrogens (tertiary/aromatic N) is 1. The van der Waals surface area contributed by atoms with E-state index in [0.717, 1.165) is 0 Å². The number of hydrogen-bond acceptors (Lipinski definition) is 4. The zero-order chi connectivity index (χ0) is 11.7. The number of carbonyl (C=O) groups is 1. The third-order valence-corrected chi connectivity index (χ3v) is 4.80. The first-order valence-corrected chi connectivity index (χ1v) is 6.89. The Morgan fingerprint density at radius 2 is 1.93 bits per heavy atom. The molecule has 0 saturated carbocycles. The summed E-state index contributed by atoms with van der Waals surface area (Å²) in [5.74, 6) is -1.29. The van der Waals surface area contributed by atoms with E-state index >= 15 is 0 Å². The summed E-state index contributed by atoms with van der Waals surface area (Å²) in [4.78, 5) is 13.0. The number of likely N-dealkylation sites (N-methyl/N-ethyl adjacent to an activating group) is 1. The largest absolute Gasteiger partial charge is 0.480 e. The molecule has 15 heavy (non-hydrogen) atoms. The van der Waals surface area contributed by atoms with E-state index < -0.39 is 21.3 Å². The summed E-state index contributed by atoms with van der Waals surface area (Å²) < 4.78 is 22.8. The molecule has 0 amide bonds.